The van der Waals surface area contributed by atoms with E-state index in [9.17, 15) is 9.90 Å². The molecule has 1 fully saturated rings. The summed E-state index contributed by atoms with van der Waals surface area (Å²) in [5, 5.41) is 15.1. The molecule has 1 aromatic heterocycles. The van der Waals surface area contributed by atoms with Gasteiger partial charge in [0.05, 0.1) is 26.0 Å². The lowest BCUT2D eigenvalue weighted by Gasteiger charge is -2.22. The number of amides is 1. The molecular formula is C25H29N3O5. The minimum absolute atomic E-state index is 0.153. The second-order valence-electron chi connectivity index (χ2n) is 8.04. The summed E-state index contributed by atoms with van der Waals surface area (Å²) in [6.07, 6.45) is -0.137. The van der Waals surface area contributed by atoms with Gasteiger partial charge in [-0.25, -0.2) is 0 Å². The van der Waals surface area contributed by atoms with Gasteiger partial charge in [0.15, 0.2) is 5.69 Å². The Morgan fingerprint density at radius 3 is 2.39 bits per heavy atom. The quantitative estimate of drug-likeness (QED) is 0.620. The zero-order valence-electron chi connectivity index (χ0n) is 19.1. The predicted molar refractivity (Wildman–Crippen MR) is 124 cm³/mol. The molecule has 2 aromatic carbocycles. The van der Waals surface area contributed by atoms with E-state index in [1.54, 1.807) is 35.9 Å². The molecule has 174 valence electrons. The average molecular weight is 452 g/mol. The number of methoxy groups -OCH3 is 2. The Kier molecular flexibility index (Phi) is 6.84. The second kappa shape index (κ2) is 9.95. The second-order valence-corrected chi connectivity index (χ2v) is 8.04. The molecule has 0 saturated carbocycles. The fourth-order valence-electron chi connectivity index (χ4n) is 4.02. The number of carbonyl (C=O) groups excluding carboxylic acids is 1. The maximum Gasteiger partial charge on any atom is 0.274 e. The lowest BCUT2D eigenvalue weighted by atomic mass is 10.1. The highest BCUT2D eigenvalue weighted by Crippen LogP contribution is 2.26. The number of hydrogen-bond donors (Lipinski definition) is 1. The molecule has 3 aromatic rings. The summed E-state index contributed by atoms with van der Waals surface area (Å²) in [5.74, 6) is 1.94. The molecule has 8 heteroatoms. The van der Waals surface area contributed by atoms with Crippen molar-refractivity contribution < 1.29 is 24.1 Å². The first kappa shape index (κ1) is 22.7. The van der Waals surface area contributed by atoms with E-state index in [0.717, 1.165) is 17.0 Å². The van der Waals surface area contributed by atoms with Crippen LogP contribution in [0.4, 0.5) is 0 Å². The smallest absolute Gasteiger partial charge is 0.274 e. The molecule has 1 aliphatic heterocycles. The van der Waals surface area contributed by atoms with Crippen molar-refractivity contribution in [3.05, 3.63) is 60.3 Å². The van der Waals surface area contributed by atoms with E-state index in [2.05, 4.69) is 5.10 Å². The van der Waals surface area contributed by atoms with Crippen LogP contribution in [0, 0.1) is 0 Å². The van der Waals surface area contributed by atoms with Crippen LogP contribution in [-0.4, -0.2) is 65.2 Å². The van der Waals surface area contributed by atoms with Crippen molar-refractivity contribution in [3.63, 3.8) is 0 Å². The van der Waals surface area contributed by atoms with Crippen molar-refractivity contribution in [2.24, 2.45) is 7.05 Å². The van der Waals surface area contributed by atoms with Gasteiger partial charge in [-0.2, -0.15) is 5.10 Å². The van der Waals surface area contributed by atoms with E-state index in [1.807, 2.05) is 49.5 Å². The normalized spacial score (nSPS) is 18.5. The van der Waals surface area contributed by atoms with Crippen LogP contribution in [0.2, 0.25) is 0 Å². The highest BCUT2D eigenvalue weighted by atomic mass is 16.5. The van der Waals surface area contributed by atoms with Crippen molar-refractivity contribution in [2.45, 2.75) is 25.0 Å². The maximum absolute atomic E-state index is 13.2. The zero-order valence-corrected chi connectivity index (χ0v) is 19.1. The number of rotatable bonds is 6. The zero-order chi connectivity index (χ0) is 23.4. The number of ether oxygens (including phenoxy) is 3. The van der Waals surface area contributed by atoms with Crippen LogP contribution in [0.3, 0.4) is 0 Å². The summed E-state index contributed by atoms with van der Waals surface area (Å²) in [7, 11) is 5.04. The van der Waals surface area contributed by atoms with Gasteiger partial charge < -0.3 is 24.2 Å². The summed E-state index contributed by atoms with van der Waals surface area (Å²) in [4.78, 5) is 14.9. The lowest BCUT2D eigenvalue weighted by molar-refractivity contribution is 0.0349. The highest BCUT2D eigenvalue weighted by Gasteiger charge is 2.30. The van der Waals surface area contributed by atoms with Crippen molar-refractivity contribution in [3.8, 4) is 28.5 Å². The standard InChI is InChI=1S/C25H29N3O5/c1-27-22(17-7-9-18(31-2)10-8-17)16-21(26-27)25(30)28-13-11-23(29)24(12-14-28)33-20-6-4-5-19(15-20)32-3/h4-10,15-16,23-24,29H,11-14H2,1-3H3/t23-,24-/m0/s1. The molecule has 0 unspecified atom stereocenters. The number of aromatic nitrogens is 2. The van der Waals surface area contributed by atoms with Crippen molar-refractivity contribution in [2.75, 3.05) is 27.3 Å². The minimum Gasteiger partial charge on any atom is -0.497 e. The number of aliphatic hydroxyl groups is 1. The van der Waals surface area contributed by atoms with E-state index >= 15 is 0 Å². The number of carbonyl (C=O) groups is 1. The van der Waals surface area contributed by atoms with Gasteiger partial charge in [-0.1, -0.05) is 6.07 Å². The van der Waals surface area contributed by atoms with Crippen LogP contribution in [0.1, 0.15) is 23.3 Å². The van der Waals surface area contributed by atoms with E-state index in [-0.39, 0.29) is 5.91 Å². The first-order valence-electron chi connectivity index (χ1n) is 10.9. The number of nitrogens with zero attached hydrogens (tertiary/aromatic N) is 3. The van der Waals surface area contributed by atoms with Gasteiger partial charge in [-0.3, -0.25) is 9.48 Å². The molecule has 4 rings (SSSR count). The Bertz CT molecular complexity index is 1100. The Labute approximate surface area is 193 Å². The Morgan fingerprint density at radius 2 is 1.67 bits per heavy atom. The van der Waals surface area contributed by atoms with Gasteiger partial charge in [0.2, 0.25) is 0 Å². The van der Waals surface area contributed by atoms with Gasteiger partial charge in [0.1, 0.15) is 23.4 Å². The summed E-state index contributed by atoms with van der Waals surface area (Å²) in [6, 6.07) is 16.7. The average Bonchev–Trinajstić information content (AvgIpc) is 3.14. The Morgan fingerprint density at radius 1 is 0.970 bits per heavy atom. The molecule has 1 N–H and O–H groups in total. The first-order valence-corrected chi connectivity index (χ1v) is 10.9. The fraction of sp³-hybridized carbons (Fsp3) is 0.360. The third-order valence-electron chi connectivity index (χ3n) is 5.91. The molecule has 0 spiro atoms. The van der Waals surface area contributed by atoms with Gasteiger partial charge >= 0.3 is 0 Å². The molecule has 1 amide bonds. The molecule has 2 heterocycles. The number of aliphatic hydroxyl groups excluding tert-OH is 1. The third kappa shape index (κ3) is 5.12. The van der Waals surface area contributed by atoms with Crippen molar-refractivity contribution >= 4 is 5.91 Å². The minimum atomic E-state index is -0.674. The Hall–Kier alpha value is -3.52. The van der Waals surface area contributed by atoms with Crippen LogP contribution in [0.25, 0.3) is 11.3 Å². The molecule has 0 radical (unpaired) electrons. The van der Waals surface area contributed by atoms with E-state index < -0.39 is 12.2 Å². The number of aryl methyl sites for hydroxylation is 1. The largest absolute Gasteiger partial charge is 0.497 e. The SMILES string of the molecule is COc1ccc(-c2cc(C(=O)N3CC[C@H](Oc4cccc(OC)c4)[C@@H](O)CC3)nn2C)cc1. The maximum atomic E-state index is 13.2. The van der Waals surface area contributed by atoms with Gasteiger partial charge in [-0.05, 0) is 48.9 Å². The molecule has 8 nitrogen and oxygen atoms in total. The van der Waals surface area contributed by atoms with Gasteiger partial charge in [-0.15, -0.1) is 0 Å². The number of likely N-dealkylation sites (tertiary alicyclic amines) is 1. The van der Waals surface area contributed by atoms with Crippen LogP contribution in [0.5, 0.6) is 17.2 Å². The fourth-order valence-corrected chi connectivity index (χ4v) is 4.02. The molecule has 1 aliphatic rings. The van der Waals surface area contributed by atoms with Gasteiger partial charge in [0.25, 0.3) is 5.91 Å². The number of hydrogen-bond acceptors (Lipinski definition) is 6. The topological polar surface area (TPSA) is 86.1 Å². The first-order chi connectivity index (χ1) is 16.0. The van der Waals surface area contributed by atoms with E-state index in [0.29, 0.717) is 43.1 Å². The van der Waals surface area contributed by atoms with Crippen molar-refractivity contribution in [1.29, 1.82) is 0 Å². The molecule has 0 aliphatic carbocycles. The predicted octanol–water partition coefficient (Wildman–Crippen LogP) is 3.15. The summed E-state index contributed by atoms with van der Waals surface area (Å²) < 4.78 is 18.2. The summed E-state index contributed by atoms with van der Waals surface area (Å²) in [5.41, 5.74) is 2.17. The summed E-state index contributed by atoms with van der Waals surface area (Å²) in [6.45, 7) is 0.908. The van der Waals surface area contributed by atoms with Gasteiger partial charge in [0, 0.05) is 38.2 Å². The molecule has 0 bridgehead atoms. The van der Waals surface area contributed by atoms with Crippen LogP contribution in [0.15, 0.2) is 54.6 Å². The third-order valence-corrected chi connectivity index (χ3v) is 5.91. The van der Waals surface area contributed by atoms with Crippen LogP contribution < -0.4 is 14.2 Å². The lowest BCUT2D eigenvalue weighted by Crippen LogP contribution is -2.33. The Balaban J connectivity index is 1.44. The monoisotopic (exact) mass is 451 g/mol. The van der Waals surface area contributed by atoms with Crippen LogP contribution >= 0.6 is 0 Å². The molecule has 1 saturated heterocycles. The molecule has 33 heavy (non-hydrogen) atoms. The van der Waals surface area contributed by atoms with Crippen LogP contribution in [-0.2, 0) is 7.05 Å². The van der Waals surface area contributed by atoms with E-state index in [4.69, 9.17) is 14.2 Å². The number of benzene rings is 2. The summed E-state index contributed by atoms with van der Waals surface area (Å²) >= 11 is 0. The molecular weight excluding hydrogens is 422 g/mol. The van der Waals surface area contributed by atoms with E-state index in [1.165, 1.54) is 0 Å². The van der Waals surface area contributed by atoms with Crippen molar-refractivity contribution in [1.82, 2.24) is 14.7 Å². The highest BCUT2D eigenvalue weighted by molar-refractivity contribution is 5.93. The molecule has 2 atom stereocenters.